The number of rotatable bonds is 8. The molecule has 3 aromatic rings. The van der Waals surface area contributed by atoms with E-state index in [0.717, 1.165) is 24.0 Å². The van der Waals surface area contributed by atoms with Gasteiger partial charge in [-0.15, -0.1) is 0 Å². The summed E-state index contributed by atoms with van der Waals surface area (Å²) in [4.78, 5) is 25.2. The summed E-state index contributed by atoms with van der Waals surface area (Å²) in [7, 11) is 0. The van der Waals surface area contributed by atoms with Gasteiger partial charge in [-0.25, -0.2) is 0 Å². The summed E-state index contributed by atoms with van der Waals surface area (Å²) >= 11 is 6.04. The standard InChI is InChI=1S/C25H24ClN3O2/c26-19-12-10-18(11-13-19)24(17-6-2-1-3-7-17)27-16-23(30)29-22-9-5-4-8-21(22)25(31)28-20-14-15-20/h1-13,20,24,27H,14-16H2,(H,28,31)(H,29,30). The molecule has 1 atom stereocenters. The molecule has 4 rings (SSSR count). The second kappa shape index (κ2) is 9.77. The Morgan fingerprint density at radius 2 is 1.52 bits per heavy atom. The van der Waals surface area contributed by atoms with E-state index in [4.69, 9.17) is 11.6 Å². The van der Waals surface area contributed by atoms with Gasteiger partial charge in [-0.2, -0.15) is 0 Å². The van der Waals surface area contributed by atoms with Crippen molar-refractivity contribution in [2.75, 3.05) is 11.9 Å². The van der Waals surface area contributed by atoms with E-state index in [1.807, 2.05) is 54.6 Å². The monoisotopic (exact) mass is 433 g/mol. The predicted octanol–water partition coefficient (Wildman–Crippen LogP) is 4.55. The number of halogens is 1. The van der Waals surface area contributed by atoms with Crippen LogP contribution < -0.4 is 16.0 Å². The molecule has 31 heavy (non-hydrogen) atoms. The molecule has 1 aliphatic rings. The van der Waals surface area contributed by atoms with Gasteiger partial charge in [0, 0.05) is 11.1 Å². The van der Waals surface area contributed by atoms with Gasteiger partial charge in [0.1, 0.15) is 0 Å². The van der Waals surface area contributed by atoms with Gasteiger partial charge in [0.25, 0.3) is 5.91 Å². The lowest BCUT2D eigenvalue weighted by atomic mass is 9.99. The van der Waals surface area contributed by atoms with Crippen molar-refractivity contribution in [3.63, 3.8) is 0 Å². The third-order valence-electron chi connectivity index (χ3n) is 5.16. The molecule has 0 radical (unpaired) electrons. The Balaban J connectivity index is 1.45. The molecule has 0 saturated heterocycles. The smallest absolute Gasteiger partial charge is 0.253 e. The first kappa shape index (κ1) is 21.1. The molecule has 0 bridgehead atoms. The second-order valence-electron chi connectivity index (χ2n) is 7.62. The Labute approximate surface area is 186 Å². The number of hydrogen-bond donors (Lipinski definition) is 3. The van der Waals surface area contributed by atoms with Crippen LogP contribution in [0.4, 0.5) is 5.69 Å². The van der Waals surface area contributed by atoms with Gasteiger partial charge in [0.05, 0.1) is 23.8 Å². The summed E-state index contributed by atoms with van der Waals surface area (Å²) in [6.07, 6.45) is 2.02. The fourth-order valence-electron chi connectivity index (χ4n) is 3.40. The fourth-order valence-corrected chi connectivity index (χ4v) is 3.52. The lowest BCUT2D eigenvalue weighted by Crippen LogP contribution is -2.33. The maximum atomic E-state index is 12.7. The van der Waals surface area contributed by atoms with Crippen molar-refractivity contribution >= 4 is 29.1 Å². The zero-order valence-corrected chi connectivity index (χ0v) is 17.7. The van der Waals surface area contributed by atoms with Gasteiger partial charge in [-0.05, 0) is 48.2 Å². The van der Waals surface area contributed by atoms with E-state index in [-0.39, 0.29) is 30.4 Å². The number of carbonyl (C=O) groups is 2. The lowest BCUT2D eigenvalue weighted by molar-refractivity contribution is -0.115. The normalized spacial score (nSPS) is 14.0. The molecule has 0 heterocycles. The van der Waals surface area contributed by atoms with Gasteiger partial charge >= 0.3 is 0 Å². The number of hydrogen-bond acceptors (Lipinski definition) is 3. The molecular weight excluding hydrogens is 410 g/mol. The van der Waals surface area contributed by atoms with Gasteiger partial charge in [0.2, 0.25) is 5.91 Å². The molecule has 2 amide bonds. The summed E-state index contributed by atoms with van der Waals surface area (Å²) in [6.45, 7) is 0.0841. The number of amides is 2. The molecule has 3 aromatic carbocycles. The first-order chi connectivity index (χ1) is 15.1. The quantitative estimate of drug-likeness (QED) is 0.488. The molecule has 1 saturated carbocycles. The third kappa shape index (κ3) is 5.72. The zero-order chi connectivity index (χ0) is 21.6. The molecule has 6 heteroatoms. The molecule has 0 spiro atoms. The molecular formula is C25H24ClN3O2. The van der Waals surface area contributed by atoms with Gasteiger partial charge in [-0.3, -0.25) is 14.9 Å². The average molecular weight is 434 g/mol. The van der Waals surface area contributed by atoms with E-state index in [9.17, 15) is 9.59 Å². The second-order valence-corrected chi connectivity index (χ2v) is 8.05. The van der Waals surface area contributed by atoms with E-state index in [2.05, 4.69) is 16.0 Å². The molecule has 0 aliphatic heterocycles. The van der Waals surface area contributed by atoms with Crippen molar-refractivity contribution in [2.45, 2.75) is 24.9 Å². The Morgan fingerprint density at radius 3 is 2.23 bits per heavy atom. The third-order valence-corrected chi connectivity index (χ3v) is 5.41. The Kier molecular flexibility index (Phi) is 6.65. The Morgan fingerprint density at radius 1 is 0.871 bits per heavy atom. The van der Waals surface area contributed by atoms with Crippen LogP contribution in [0.5, 0.6) is 0 Å². The first-order valence-electron chi connectivity index (χ1n) is 10.3. The van der Waals surface area contributed by atoms with Crippen molar-refractivity contribution in [1.82, 2.24) is 10.6 Å². The largest absolute Gasteiger partial charge is 0.349 e. The van der Waals surface area contributed by atoms with E-state index < -0.39 is 0 Å². The molecule has 1 aliphatic carbocycles. The topological polar surface area (TPSA) is 70.2 Å². The average Bonchev–Trinajstić information content (AvgIpc) is 3.60. The van der Waals surface area contributed by atoms with Gasteiger partial charge < -0.3 is 10.6 Å². The van der Waals surface area contributed by atoms with Crippen molar-refractivity contribution in [1.29, 1.82) is 0 Å². The highest BCUT2D eigenvalue weighted by molar-refractivity contribution is 6.30. The van der Waals surface area contributed by atoms with Crippen LogP contribution in [0.1, 0.15) is 40.4 Å². The van der Waals surface area contributed by atoms with Crippen LogP contribution in [0.25, 0.3) is 0 Å². The minimum atomic E-state index is -0.221. The lowest BCUT2D eigenvalue weighted by Gasteiger charge is -2.20. The Hall–Kier alpha value is -3.15. The number of para-hydroxylation sites is 1. The number of nitrogens with one attached hydrogen (secondary N) is 3. The van der Waals surface area contributed by atoms with E-state index in [0.29, 0.717) is 16.3 Å². The number of anilines is 1. The summed E-state index contributed by atoms with van der Waals surface area (Å²) in [5.41, 5.74) is 3.03. The van der Waals surface area contributed by atoms with Gasteiger partial charge in [0.15, 0.2) is 0 Å². The summed E-state index contributed by atoms with van der Waals surface area (Å²) in [5, 5.41) is 9.82. The summed E-state index contributed by atoms with van der Waals surface area (Å²) in [6, 6.07) is 24.6. The van der Waals surface area contributed by atoms with Crippen LogP contribution in [-0.4, -0.2) is 24.4 Å². The SMILES string of the molecule is O=C(CNC(c1ccccc1)c1ccc(Cl)cc1)Nc1ccccc1C(=O)NC1CC1. The molecule has 3 N–H and O–H groups in total. The molecule has 0 aromatic heterocycles. The fraction of sp³-hybridized carbons (Fsp3) is 0.200. The van der Waals surface area contributed by atoms with Crippen molar-refractivity contribution in [3.05, 3.63) is 101 Å². The highest BCUT2D eigenvalue weighted by Gasteiger charge is 2.25. The minimum Gasteiger partial charge on any atom is -0.349 e. The van der Waals surface area contributed by atoms with Crippen LogP contribution in [0.15, 0.2) is 78.9 Å². The van der Waals surface area contributed by atoms with Gasteiger partial charge in [-0.1, -0.05) is 66.2 Å². The van der Waals surface area contributed by atoms with Crippen LogP contribution >= 0.6 is 11.6 Å². The highest BCUT2D eigenvalue weighted by atomic mass is 35.5. The van der Waals surface area contributed by atoms with Crippen molar-refractivity contribution in [3.8, 4) is 0 Å². The summed E-state index contributed by atoms with van der Waals surface area (Å²) < 4.78 is 0. The van der Waals surface area contributed by atoms with Crippen molar-refractivity contribution in [2.24, 2.45) is 0 Å². The molecule has 158 valence electrons. The van der Waals surface area contributed by atoms with Crippen LogP contribution in [-0.2, 0) is 4.79 Å². The van der Waals surface area contributed by atoms with E-state index >= 15 is 0 Å². The number of carbonyl (C=O) groups excluding carboxylic acids is 2. The van der Waals surface area contributed by atoms with Crippen LogP contribution in [0.2, 0.25) is 5.02 Å². The van der Waals surface area contributed by atoms with E-state index in [1.54, 1.807) is 24.3 Å². The van der Waals surface area contributed by atoms with Crippen molar-refractivity contribution < 1.29 is 9.59 Å². The zero-order valence-electron chi connectivity index (χ0n) is 17.0. The minimum absolute atomic E-state index is 0.0841. The first-order valence-corrected chi connectivity index (χ1v) is 10.7. The highest BCUT2D eigenvalue weighted by Crippen LogP contribution is 2.24. The van der Waals surface area contributed by atoms with Crippen LogP contribution in [0.3, 0.4) is 0 Å². The molecule has 1 unspecified atom stereocenters. The molecule has 5 nitrogen and oxygen atoms in total. The maximum Gasteiger partial charge on any atom is 0.253 e. The maximum absolute atomic E-state index is 12.7. The Bertz CT molecular complexity index is 1050. The summed E-state index contributed by atoms with van der Waals surface area (Å²) in [5.74, 6) is -0.378. The number of benzene rings is 3. The predicted molar refractivity (Wildman–Crippen MR) is 123 cm³/mol. The molecule has 1 fully saturated rings. The van der Waals surface area contributed by atoms with E-state index in [1.165, 1.54) is 0 Å². The van der Waals surface area contributed by atoms with Crippen LogP contribution in [0, 0.1) is 0 Å².